The van der Waals surface area contributed by atoms with E-state index in [9.17, 15) is 18.0 Å². The average Bonchev–Trinajstić information content (AvgIpc) is 2.71. The molecule has 150 valence electrons. The van der Waals surface area contributed by atoms with Crippen molar-refractivity contribution >= 4 is 17.5 Å². The van der Waals surface area contributed by atoms with Gasteiger partial charge in [-0.2, -0.15) is 13.2 Å². The molecule has 0 saturated carbocycles. The number of alkyl halides is 3. The van der Waals surface area contributed by atoms with Crippen molar-refractivity contribution in [1.29, 1.82) is 0 Å². The molecule has 3 rings (SSSR count). The first kappa shape index (κ1) is 20.8. The van der Waals surface area contributed by atoms with Crippen molar-refractivity contribution in [2.75, 3.05) is 0 Å². The summed E-state index contributed by atoms with van der Waals surface area (Å²) in [5.74, 6) is -0.266. The second kappa shape index (κ2) is 9.05. The van der Waals surface area contributed by atoms with Crippen LogP contribution < -0.4 is 5.32 Å². The lowest BCUT2D eigenvalue weighted by Crippen LogP contribution is -2.23. The van der Waals surface area contributed by atoms with Crippen molar-refractivity contribution in [3.05, 3.63) is 82.8 Å². The lowest BCUT2D eigenvalue weighted by Gasteiger charge is -2.12. The maximum Gasteiger partial charge on any atom is 0.417 e. The quantitative estimate of drug-likeness (QED) is 0.607. The zero-order valence-corrected chi connectivity index (χ0v) is 16.0. The Labute approximate surface area is 170 Å². The van der Waals surface area contributed by atoms with Crippen LogP contribution in [0.15, 0.2) is 61.1 Å². The van der Waals surface area contributed by atoms with E-state index in [0.29, 0.717) is 5.56 Å². The summed E-state index contributed by atoms with van der Waals surface area (Å²) in [7, 11) is 0. The standard InChI is InChI=1S/C21H17ClF3N3O/c22-18-5-3-14(12-17(18)21(23,24)25)4-6-19(29)28-13-16-2-1-9-27-20(16)15-7-10-26-11-8-15/h1-3,5,7-12H,4,6,13H2,(H,28,29). The number of amides is 1. The number of hydrogen-bond acceptors (Lipinski definition) is 3. The minimum Gasteiger partial charge on any atom is -0.352 e. The van der Waals surface area contributed by atoms with E-state index in [0.717, 1.165) is 22.9 Å². The molecule has 0 aliphatic carbocycles. The Kier molecular flexibility index (Phi) is 6.49. The van der Waals surface area contributed by atoms with Crippen LogP contribution in [-0.2, 0) is 23.9 Å². The fraction of sp³-hybridized carbons (Fsp3) is 0.190. The molecule has 0 aliphatic rings. The van der Waals surface area contributed by atoms with Gasteiger partial charge in [0.15, 0.2) is 0 Å². The molecule has 0 unspecified atom stereocenters. The molecule has 29 heavy (non-hydrogen) atoms. The predicted octanol–water partition coefficient (Wildman–Crippen LogP) is 5.06. The molecule has 2 heterocycles. The molecule has 1 aromatic carbocycles. The van der Waals surface area contributed by atoms with Crippen LogP contribution in [0.3, 0.4) is 0 Å². The summed E-state index contributed by atoms with van der Waals surface area (Å²) in [5, 5.41) is 2.44. The van der Waals surface area contributed by atoms with Gasteiger partial charge in [0.05, 0.1) is 16.3 Å². The summed E-state index contributed by atoms with van der Waals surface area (Å²) >= 11 is 5.62. The monoisotopic (exact) mass is 419 g/mol. The maximum atomic E-state index is 12.9. The van der Waals surface area contributed by atoms with Gasteiger partial charge in [0, 0.05) is 37.1 Å². The second-order valence-corrected chi connectivity index (χ2v) is 6.74. The number of nitrogens with one attached hydrogen (secondary N) is 1. The fourth-order valence-electron chi connectivity index (χ4n) is 2.84. The van der Waals surface area contributed by atoms with Gasteiger partial charge in [0.2, 0.25) is 5.91 Å². The molecule has 3 aromatic rings. The number of halogens is 4. The maximum absolute atomic E-state index is 12.9. The summed E-state index contributed by atoms with van der Waals surface area (Å²) < 4.78 is 38.8. The SMILES string of the molecule is O=C(CCc1ccc(Cl)c(C(F)(F)F)c1)NCc1cccnc1-c1ccncc1. The van der Waals surface area contributed by atoms with Gasteiger partial charge in [-0.15, -0.1) is 0 Å². The summed E-state index contributed by atoms with van der Waals surface area (Å²) in [6.07, 6.45) is 0.695. The Balaban J connectivity index is 1.61. The fourth-order valence-corrected chi connectivity index (χ4v) is 3.06. The summed E-state index contributed by atoms with van der Waals surface area (Å²) in [6, 6.07) is 11.0. The van der Waals surface area contributed by atoms with E-state index in [1.807, 2.05) is 18.2 Å². The summed E-state index contributed by atoms with van der Waals surface area (Å²) in [6.45, 7) is 0.263. The molecule has 0 saturated heterocycles. The number of pyridine rings is 2. The van der Waals surface area contributed by atoms with Gasteiger partial charge in [-0.05, 0) is 47.9 Å². The number of rotatable bonds is 6. The normalized spacial score (nSPS) is 11.3. The second-order valence-electron chi connectivity index (χ2n) is 6.34. The van der Waals surface area contributed by atoms with Gasteiger partial charge in [-0.1, -0.05) is 23.7 Å². The molecule has 0 radical (unpaired) electrons. The van der Waals surface area contributed by atoms with E-state index in [1.54, 1.807) is 24.7 Å². The number of carbonyl (C=O) groups is 1. The molecule has 0 spiro atoms. The third-order valence-corrected chi connectivity index (χ3v) is 4.63. The Morgan fingerprint density at radius 2 is 1.83 bits per heavy atom. The number of nitrogens with zero attached hydrogens (tertiary/aromatic N) is 2. The average molecular weight is 420 g/mol. The van der Waals surface area contributed by atoms with Crippen molar-refractivity contribution < 1.29 is 18.0 Å². The zero-order chi connectivity index (χ0) is 20.9. The van der Waals surface area contributed by atoms with Gasteiger partial charge < -0.3 is 5.32 Å². The van der Waals surface area contributed by atoms with E-state index in [1.165, 1.54) is 12.1 Å². The zero-order valence-electron chi connectivity index (χ0n) is 15.2. The minimum absolute atomic E-state index is 0.0593. The van der Waals surface area contributed by atoms with Crippen LogP contribution >= 0.6 is 11.6 Å². The molecule has 0 bridgehead atoms. The lowest BCUT2D eigenvalue weighted by atomic mass is 10.1. The molecule has 1 amide bonds. The molecule has 0 fully saturated rings. The predicted molar refractivity (Wildman–Crippen MR) is 104 cm³/mol. The molecule has 1 N–H and O–H groups in total. The van der Waals surface area contributed by atoms with Crippen molar-refractivity contribution in [3.8, 4) is 11.3 Å². The van der Waals surface area contributed by atoms with Gasteiger partial charge in [-0.25, -0.2) is 0 Å². The van der Waals surface area contributed by atoms with Crippen molar-refractivity contribution in [3.63, 3.8) is 0 Å². The molecular weight excluding hydrogens is 403 g/mol. The van der Waals surface area contributed by atoms with Crippen LogP contribution in [-0.4, -0.2) is 15.9 Å². The Bertz CT molecular complexity index is 994. The topological polar surface area (TPSA) is 54.9 Å². The summed E-state index contributed by atoms with van der Waals surface area (Å²) in [4.78, 5) is 20.5. The number of aryl methyl sites for hydroxylation is 1. The van der Waals surface area contributed by atoms with Crippen LogP contribution in [0.5, 0.6) is 0 Å². The van der Waals surface area contributed by atoms with Gasteiger partial charge in [0.1, 0.15) is 0 Å². The highest BCUT2D eigenvalue weighted by Crippen LogP contribution is 2.35. The highest BCUT2D eigenvalue weighted by molar-refractivity contribution is 6.31. The first-order valence-corrected chi connectivity index (χ1v) is 9.19. The summed E-state index contributed by atoms with van der Waals surface area (Å²) in [5.41, 5.74) is 1.96. The van der Waals surface area contributed by atoms with Crippen LogP contribution in [0.4, 0.5) is 13.2 Å². The van der Waals surface area contributed by atoms with E-state index >= 15 is 0 Å². The Morgan fingerprint density at radius 3 is 2.55 bits per heavy atom. The third-order valence-electron chi connectivity index (χ3n) is 4.30. The highest BCUT2D eigenvalue weighted by Gasteiger charge is 2.33. The third kappa shape index (κ3) is 5.54. The van der Waals surface area contributed by atoms with Gasteiger partial charge in [-0.3, -0.25) is 14.8 Å². The smallest absolute Gasteiger partial charge is 0.352 e. The first-order valence-electron chi connectivity index (χ1n) is 8.81. The van der Waals surface area contributed by atoms with Crippen molar-refractivity contribution in [2.45, 2.75) is 25.6 Å². The largest absolute Gasteiger partial charge is 0.417 e. The van der Waals surface area contributed by atoms with E-state index in [4.69, 9.17) is 11.6 Å². The van der Waals surface area contributed by atoms with E-state index in [2.05, 4.69) is 15.3 Å². The number of carbonyl (C=O) groups excluding carboxylic acids is 1. The minimum atomic E-state index is -4.53. The molecule has 2 aromatic heterocycles. The van der Waals surface area contributed by atoms with E-state index in [-0.39, 0.29) is 30.3 Å². The number of hydrogen-bond donors (Lipinski definition) is 1. The van der Waals surface area contributed by atoms with Crippen molar-refractivity contribution in [1.82, 2.24) is 15.3 Å². The van der Waals surface area contributed by atoms with Crippen LogP contribution in [0.2, 0.25) is 5.02 Å². The molecule has 4 nitrogen and oxygen atoms in total. The first-order chi connectivity index (χ1) is 13.8. The molecule has 0 atom stereocenters. The Morgan fingerprint density at radius 1 is 1.07 bits per heavy atom. The molecule has 0 aliphatic heterocycles. The number of benzene rings is 1. The number of aromatic nitrogens is 2. The van der Waals surface area contributed by atoms with E-state index < -0.39 is 11.7 Å². The van der Waals surface area contributed by atoms with Crippen molar-refractivity contribution in [2.24, 2.45) is 0 Å². The van der Waals surface area contributed by atoms with Gasteiger partial charge >= 0.3 is 6.18 Å². The molecular formula is C21H17ClF3N3O. The highest BCUT2D eigenvalue weighted by atomic mass is 35.5. The van der Waals surface area contributed by atoms with Crippen LogP contribution in [0.25, 0.3) is 11.3 Å². The lowest BCUT2D eigenvalue weighted by molar-refractivity contribution is -0.137. The Hall–Kier alpha value is -2.93. The van der Waals surface area contributed by atoms with Crippen LogP contribution in [0, 0.1) is 0 Å². The van der Waals surface area contributed by atoms with Gasteiger partial charge in [0.25, 0.3) is 0 Å². The van der Waals surface area contributed by atoms with Crippen LogP contribution in [0.1, 0.15) is 23.1 Å². The molecule has 8 heteroatoms.